The summed E-state index contributed by atoms with van der Waals surface area (Å²) >= 11 is 0. The van der Waals surface area contributed by atoms with Gasteiger partial charge in [0.05, 0.1) is 0 Å². The molecule has 0 rings (SSSR count). The first-order chi connectivity index (χ1) is 8.58. The van der Waals surface area contributed by atoms with E-state index >= 15 is 0 Å². The lowest BCUT2D eigenvalue weighted by molar-refractivity contribution is 0.184. The van der Waals surface area contributed by atoms with E-state index < -0.39 is 16.9 Å². The van der Waals surface area contributed by atoms with Gasteiger partial charge in [0.25, 0.3) is 0 Å². The summed E-state index contributed by atoms with van der Waals surface area (Å²) in [6.45, 7) is 20.0. The molecule has 0 heterocycles. The van der Waals surface area contributed by atoms with Gasteiger partial charge in [0.1, 0.15) is 0 Å². The van der Waals surface area contributed by atoms with Gasteiger partial charge in [-0.3, -0.25) is 0 Å². The van der Waals surface area contributed by atoms with Crippen LogP contribution >= 0.6 is 0 Å². The van der Waals surface area contributed by atoms with Crippen LogP contribution in [0.15, 0.2) is 0 Å². The molecule has 0 atom stereocenters. The first-order valence-electron chi connectivity index (χ1n) is 7.50. The Morgan fingerprint density at radius 2 is 1.32 bits per heavy atom. The molecule has 19 heavy (non-hydrogen) atoms. The van der Waals surface area contributed by atoms with Crippen molar-refractivity contribution in [3.8, 4) is 0 Å². The fraction of sp³-hybridized carbons (Fsp3) is 1.00. The molecule has 0 fully saturated rings. The van der Waals surface area contributed by atoms with Crippen LogP contribution in [0, 0.1) is 0 Å². The van der Waals surface area contributed by atoms with Gasteiger partial charge in [0, 0.05) is 19.8 Å². The lowest BCUT2D eigenvalue weighted by atomic mass is 10.2. The van der Waals surface area contributed by atoms with Crippen molar-refractivity contribution in [1.29, 1.82) is 0 Å². The van der Waals surface area contributed by atoms with Crippen molar-refractivity contribution in [2.75, 3.05) is 19.8 Å². The minimum Gasteiger partial charge on any atom is -0.417 e. The Morgan fingerprint density at radius 3 is 1.68 bits per heavy atom. The molecule has 0 bridgehead atoms. The van der Waals surface area contributed by atoms with E-state index in [9.17, 15) is 0 Å². The zero-order valence-corrected chi connectivity index (χ0v) is 16.3. The SMILES string of the molecule is CCO[Si](C)(CCCO[Si](C)(C)C(C)(C)C)OCC. The van der Waals surface area contributed by atoms with E-state index in [0.717, 1.165) is 32.3 Å². The zero-order chi connectivity index (χ0) is 15.2. The van der Waals surface area contributed by atoms with E-state index in [4.69, 9.17) is 13.3 Å². The van der Waals surface area contributed by atoms with Crippen molar-refractivity contribution in [1.82, 2.24) is 0 Å². The van der Waals surface area contributed by atoms with Crippen LogP contribution in [0.4, 0.5) is 0 Å². The first kappa shape index (κ1) is 19.3. The Hall–Kier alpha value is 0.314. The van der Waals surface area contributed by atoms with Crippen molar-refractivity contribution in [3.05, 3.63) is 0 Å². The van der Waals surface area contributed by atoms with E-state index in [1.165, 1.54) is 0 Å². The minimum absolute atomic E-state index is 0.285. The summed E-state index contributed by atoms with van der Waals surface area (Å²) in [7, 11) is -3.56. The Bertz CT molecular complexity index is 244. The van der Waals surface area contributed by atoms with Crippen LogP contribution in [0.3, 0.4) is 0 Å². The standard InChI is InChI=1S/C14H34O3Si2/c1-9-15-19(8,16-10-2)13-11-12-17-18(6,7)14(3,4)5/h9-13H2,1-8H3. The molecule has 0 aromatic heterocycles. The maximum atomic E-state index is 6.20. The van der Waals surface area contributed by atoms with Gasteiger partial charge in [-0.25, -0.2) is 0 Å². The fourth-order valence-electron chi connectivity index (χ4n) is 1.73. The van der Waals surface area contributed by atoms with Gasteiger partial charge in [-0.2, -0.15) is 0 Å². The van der Waals surface area contributed by atoms with Crippen LogP contribution in [0.2, 0.25) is 30.7 Å². The molecule has 0 aromatic rings. The van der Waals surface area contributed by atoms with Crippen LogP contribution < -0.4 is 0 Å². The maximum Gasteiger partial charge on any atom is 0.334 e. The molecule has 0 aliphatic carbocycles. The van der Waals surface area contributed by atoms with Crippen molar-refractivity contribution >= 4 is 16.9 Å². The summed E-state index contributed by atoms with van der Waals surface area (Å²) in [4.78, 5) is 0. The van der Waals surface area contributed by atoms with E-state index in [-0.39, 0.29) is 5.04 Å². The predicted octanol–water partition coefficient (Wildman–Crippen LogP) is 4.54. The van der Waals surface area contributed by atoms with Crippen molar-refractivity contribution in [2.24, 2.45) is 0 Å². The Morgan fingerprint density at radius 1 is 0.842 bits per heavy atom. The topological polar surface area (TPSA) is 27.7 Å². The molecule has 116 valence electrons. The van der Waals surface area contributed by atoms with Crippen molar-refractivity contribution in [3.63, 3.8) is 0 Å². The summed E-state index contributed by atoms with van der Waals surface area (Å²) in [6, 6.07) is 1.02. The third-order valence-electron chi connectivity index (χ3n) is 3.94. The van der Waals surface area contributed by atoms with Crippen molar-refractivity contribution in [2.45, 2.75) is 71.8 Å². The Labute approximate surface area is 122 Å². The van der Waals surface area contributed by atoms with Gasteiger partial charge in [0.15, 0.2) is 8.32 Å². The van der Waals surface area contributed by atoms with E-state index in [1.54, 1.807) is 0 Å². The molecule has 0 spiro atoms. The maximum absolute atomic E-state index is 6.20. The summed E-state index contributed by atoms with van der Waals surface area (Å²) in [5.74, 6) is 0. The summed E-state index contributed by atoms with van der Waals surface area (Å²) < 4.78 is 17.9. The molecule has 0 aromatic carbocycles. The Kier molecular flexibility index (Phi) is 8.06. The molecule has 0 saturated heterocycles. The van der Waals surface area contributed by atoms with Crippen LogP contribution in [-0.2, 0) is 13.3 Å². The van der Waals surface area contributed by atoms with Gasteiger partial charge in [-0.05, 0) is 51.0 Å². The second-order valence-corrected chi connectivity index (χ2v) is 14.9. The predicted molar refractivity (Wildman–Crippen MR) is 87.4 cm³/mol. The molecule has 0 aliphatic rings. The normalized spacial score (nSPS) is 13.9. The molecular weight excluding hydrogens is 272 g/mol. The highest BCUT2D eigenvalue weighted by atomic mass is 28.4. The Balaban J connectivity index is 4.14. The molecule has 0 unspecified atom stereocenters. The number of rotatable bonds is 9. The van der Waals surface area contributed by atoms with E-state index in [2.05, 4.69) is 40.4 Å². The highest BCUT2D eigenvalue weighted by molar-refractivity contribution is 6.74. The molecule has 0 amide bonds. The summed E-state index contributed by atoms with van der Waals surface area (Å²) in [6.07, 6.45) is 1.04. The summed E-state index contributed by atoms with van der Waals surface area (Å²) in [5, 5.41) is 0.285. The molecule has 3 nitrogen and oxygen atoms in total. The lowest BCUT2D eigenvalue weighted by Crippen LogP contribution is -2.42. The largest absolute Gasteiger partial charge is 0.417 e. The quantitative estimate of drug-likeness (QED) is 0.462. The third-order valence-corrected chi connectivity index (χ3v) is 11.5. The number of hydrogen-bond donors (Lipinski definition) is 0. The van der Waals surface area contributed by atoms with Crippen LogP contribution in [0.1, 0.15) is 41.0 Å². The molecule has 0 aliphatic heterocycles. The van der Waals surface area contributed by atoms with E-state index in [0.29, 0.717) is 0 Å². The second kappa shape index (κ2) is 7.93. The van der Waals surface area contributed by atoms with Gasteiger partial charge >= 0.3 is 8.56 Å². The second-order valence-electron chi connectivity index (χ2n) is 6.71. The average Bonchev–Trinajstić information content (AvgIpc) is 2.23. The van der Waals surface area contributed by atoms with Gasteiger partial charge in [-0.1, -0.05) is 20.8 Å². The monoisotopic (exact) mass is 306 g/mol. The number of hydrogen-bond acceptors (Lipinski definition) is 3. The highest BCUT2D eigenvalue weighted by Gasteiger charge is 2.37. The minimum atomic E-state index is -1.96. The van der Waals surface area contributed by atoms with Gasteiger partial charge in [-0.15, -0.1) is 0 Å². The molecule has 0 radical (unpaired) electrons. The first-order valence-corrected chi connectivity index (χ1v) is 12.9. The zero-order valence-electron chi connectivity index (χ0n) is 14.3. The van der Waals surface area contributed by atoms with Crippen LogP contribution in [0.25, 0.3) is 0 Å². The van der Waals surface area contributed by atoms with Crippen LogP contribution in [-0.4, -0.2) is 36.7 Å². The molecule has 0 saturated carbocycles. The third kappa shape index (κ3) is 7.04. The lowest BCUT2D eigenvalue weighted by Gasteiger charge is -2.36. The molecule has 0 N–H and O–H groups in total. The summed E-state index contributed by atoms with van der Waals surface area (Å²) in [5.41, 5.74) is 0. The van der Waals surface area contributed by atoms with Crippen LogP contribution in [0.5, 0.6) is 0 Å². The molecule has 5 heteroatoms. The smallest absolute Gasteiger partial charge is 0.334 e. The van der Waals surface area contributed by atoms with Gasteiger partial charge in [0.2, 0.25) is 0 Å². The molecular formula is C14H34O3Si2. The van der Waals surface area contributed by atoms with E-state index in [1.807, 2.05) is 13.8 Å². The average molecular weight is 307 g/mol. The van der Waals surface area contributed by atoms with Gasteiger partial charge < -0.3 is 13.3 Å². The highest BCUT2D eigenvalue weighted by Crippen LogP contribution is 2.36. The van der Waals surface area contributed by atoms with Crippen molar-refractivity contribution < 1.29 is 13.3 Å². The fourth-order valence-corrected chi connectivity index (χ4v) is 5.20.